The zero-order valence-electron chi connectivity index (χ0n) is 12.4. The molecule has 1 aromatic carbocycles. The summed E-state index contributed by atoms with van der Waals surface area (Å²) in [5.41, 5.74) is -0.406. The molecule has 0 unspecified atom stereocenters. The molecule has 0 radical (unpaired) electrons. The topological polar surface area (TPSA) is 107 Å². The zero-order valence-corrected chi connectivity index (χ0v) is 13.2. The van der Waals surface area contributed by atoms with Crippen molar-refractivity contribution in [2.24, 2.45) is 0 Å². The molecule has 122 valence electrons. The Kier molecular flexibility index (Phi) is 6.51. The van der Waals surface area contributed by atoms with Crippen LogP contribution >= 0.6 is 0 Å². The van der Waals surface area contributed by atoms with E-state index >= 15 is 0 Å². The maximum Gasteiger partial charge on any atom is 0.339 e. The second kappa shape index (κ2) is 7.90. The highest BCUT2D eigenvalue weighted by Gasteiger charge is 2.24. The fraction of sp³-hybridized carbons (Fsp3) is 0.429. The van der Waals surface area contributed by atoms with Gasteiger partial charge in [0.15, 0.2) is 0 Å². The van der Waals surface area contributed by atoms with Crippen molar-refractivity contribution in [2.75, 3.05) is 13.2 Å². The van der Waals surface area contributed by atoms with Gasteiger partial charge in [-0.15, -0.1) is 0 Å². The van der Waals surface area contributed by atoms with Crippen molar-refractivity contribution in [1.82, 2.24) is 0 Å². The van der Waals surface area contributed by atoms with Crippen LogP contribution in [0.25, 0.3) is 0 Å². The van der Waals surface area contributed by atoms with Crippen LogP contribution in [-0.4, -0.2) is 38.1 Å². The lowest BCUT2D eigenvalue weighted by atomic mass is 10.1. The third-order valence-electron chi connectivity index (χ3n) is 2.59. The minimum absolute atomic E-state index is 0.0758. The van der Waals surface area contributed by atoms with Crippen LogP contribution in [0.3, 0.4) is 0 Å². The number of esters is 2. The molecule has 0 saturated carbocycles. The van der Waals surface area contributed by atoms with E-state index in [4.69, 9.17) is 9.47 Å². The number of hydrogen-bond acceptors (Lipinski definition) is 6. The summed E-state index contributed by atoms with van der Waals surface area (Å²) in [6.45, 7) is 3.89. The van der Waals surface area contributed by atoms with Gasteiger partial charge in [-0.2, -0.15) is 8.42 Å². The van der Waals surface area contributed by atoms with E-state index in [1.54, 1.807) is 6.92 Å². The largest absolute Gasteiger partial charge is 0.462 e. The van der Waals surface area contributed by atoms with Crippen molar-refractivity contribution in [2.45, 2.75) is 31.6 Å². The molecule has 0 bridgehead atoms. The Morgan fingerprint density at radius 1 is 1.05 bits per heavy atom. The van der Waals surface area contributed by atoms with Crippen LogP contribution in [0.4, 0.5) is 0 Å². The number of ether oxygens (including phenoxy) is 2. The van der Waals surface area contributed by atoms with Crippen LogP contribution in [0.15, 0.2) is 23.1 Å². The van der Waals surface area contributed by atoms with E-state index in [9.17, 15) is 22.6 Å². The molecule has 0 heterocycles. The second-order valence-corrected chi connectivity index (χ2v) is 5.85. The Morgan fingerprint density at radius 2 is 1.59 bits per heavy atom. The molecule has 0 amide bonds. The summed E-state index contributed by atoms with van der Waals surface area (Å²) < 4.78 is 41.8. The van der Waals surface area contributed by atoms with Gasteiger partial charge in [-0.3, -0.25) is 4.55 Å². The summed E-state index contributed by atoms with van der Waals surface area (Å²) in [7, 11) is -4.69. The van der Waals surface area contributed by atoms with Crippen molar-refractivity contribution >= 4 is 22.1 Å². The first kappa shape index (κ1) is 18.1. The lowest BCUT2D eigenvalue weighted by molar-refractivity contribution is 0.0487. The van der Waals surface area contributed by atoms with E-state index in [1.165, 1.54) is 6.07 Å². The minimum Gasteiger partial charge on any atom is -0.462 e. The highest BCUT2D eigenvalue weighted by atomic mass is 32.2. The van der Waals surface area contributed by atoms with Gasteiger partial charge in [0, 0.05) is 0 Å². The summed E-state index contributed by atoms with van der Waals surface area (Å²) in [6, 6.07) is 3.26. The second-order valence-electron chi connectivity index (χ2n) is 4.46. The van der Waals surface area contributed by atoms with Crippen molar-refractivity contribution in [3.05, 3.63) is 29.3 Å². The van der Waals surface area contributed by atoms with Crippen molar-refractivity contribution in [3.8, 4) is 0 Å². The predicted molar refractivity (Wildman–Crippen MR) is 77.4 cm³/mol. The summed E-state index contributed by atoms with van der Waals surface area (Å²) in [6.07, 6.45) is 1.17. The first-order chi connectivity index (χ1) is 10.3. The lowest BCUT2D eigenvalue weighted by Crippen LogP contribution is -2.14. The van der Waals surface area contributed by atoms with Crippen molar-refractivity contribution < 1.29 is 32.0 Å². The van der Waals surface area contributed by atoms with Crippen LogP contribution in [0.5, 0.6) is 0 Å². The monoisotopic (exact) mass is 330 g/mol. The Labute approximate surface area is 129 Å². The summed E-state index contributed by atoms with van der Waals surface area (Å²) in [5, 5.41) is 0. The molecule has 0 aliphatic carbocycles. The van der Waals surface area contributed by atoms with E-state index in [0.717, 1.165) is 12.1 Å². The Balaban J connectivity index is 3.20. The van der Waals surface area contributed by atoms with E-state index in [-0.39, 0.29) is 24.3 Å². The quantitative estimate of drug-likeness (QED) is 0.602. The van der Waals surface area contributed by atoms with Gasteiger partial charge in [0.25, 0.3) is 10.1 Å². The SMILES string of the molecule is CCCOC(=O)c1ccc(C(=O)OCCC)c(S(=O)(=O)O)c1. The van der Waals surface area contributed by atoms with Crippen LogP contribution < -0.4 is 0 Å². The third kappa shape index (κ3) is 4.81. The smallest absolute Gasteiger partial charge is 0.339 e. The van der Waals surface area contributed by atoms with Gasteiger partial charge in [-0.1, -0.05) is 13.8 Å². The van der Waals surface area contributed by atoms with Crippen LogP contribution in [0.2, 0.25) is 0 Å². The van der Waals surface area contributed by atoms with Crippen LogP contribution in [0.1, 0.15) is 47.4 Å². The van der Waals surface area contributed by atoms with Gasteiger partial charge in [0.1, 0.15) is 4.90 Å². The molecule has 7 nitrogen and oxygen atoms in total. The summed E-state index contributed by atoms with van der Waals surface area (Å²) >= 11 is 0. The molecule has 1 rings (SSSR count). The van der Waals surface area contributed by atoms with Crippen molar-refractivity contribution in [3.63, 3.8) is 0 Å². The number of carbonyl (C=O) groups excluding carboxylic acids is 2. The first-order valence-electron chi connectivity index (χ1n) is 6.77. The fourth-order valence-corrected chi connectivity index (χ4v) is 2.29. The van der Waals surface area contributed by atoms with E-state index in [1.807, 2.05) is 6.92 Å². The molecule has 0 fully saturated rings. The van der Waals surface area contributed by atoms with Gasteiger partial charge in [-0.25, -0.2) is 9.59 Å². The Hall–Kier alpha value is -1.93. The van der Waals surface area contributed by atoms with Crippen LogP contribution in [-0.2, 0) is 19.6 Å². The number of benzene rings is 1. The molecule has 0 spiro atoms. The number of carbonyl (C=O) groups is 2. The normalized spacial score (nSPS) is 11.0. The molecule has 0 aliphatic heterocycles. The fourth-order valence-electron chi connectivity index (χ4n) is 1.58. The lowest BCUT2D eigenvalue weighted by Gasteiger charge is -2.09. The first-order valence-corrected chi connectivity index (χ1v) is 8.21. The van der Waals surface area contributed by atoms with Crippen molar-refractivity contribution in [1.29, 1.82) is 0 Å². The third-order valence-corrected chi connectivity index (χ3v) is 3.48. The Morgan fingerprint density at radius 3 is 2.09 bits per heavy atom. The van der Waals surface area contributed by atoms with E-state index in [0.29, 0.717) is 12.8 Å². The molecular formula is C14H18O7S. The van der Waals surface area contributed by atoms with E-state index in [2.05, 4.69) is 0 Å². The molecular weight excluding hydrogens is 312 g/mol. The van der Waals surface area contributed by atoms with Gasteiger partial charge < -0.3 is 9.47 Å². The van der Waals surface area contributed by atoms with Gasteiger partial charge in [-0.05, 0) is 31.0 Å². The molecule has 0 aliphatic rings. The summed E-state index contributed by atoms with van der Waals surface area (Å²) in [5.74, 6) is -1.62. The molecule has 8 heteroatoms. The minimum atomic E-state index is -4.69. The molecule has 22 heavy (non-hydrogen) atoms. The number of rotatable bonds is 7. The molecule has 0 saturated heterocycles. The maximum atomic E-state index is 11.8. The molecule has 1 aromatic rings. The maximum absolute atomic E-state index is 11.8. The van der Waals surface area contributed by atoms with E-state index < -0.39 is 27.0 Å². The predicted octanol–water partition coefficient (Wildman–Crippen LogP) is 2.07. The molecule has 1 N–H and O–H groups in total. The van der Waals surface area contributed by atoms with Gasteiger partial charge in [0.05, 0.1) is 24.3 Å². The number of hydrogen-bond donors (Lipinski definition) is 1. The molecule has 0 atom stereocenters. The highest BCUT2D eigenvalue weighted by Crippen LogP contribution is 2.19. The molecule has 0 aromatic heterocycles. The Bertz CT molecular complexity index is 649. The van der Waals surface area contributed by atoms with Gasteiger partial charge in [0.2, 0.25) is 0 Å². The average molecular weight is 330 g/mol. The zero-order chi connectivity index (χ0) is 16.8. The highest BCUT2D eigenvalue weighted by molar-refractivity contribution is 7.86. The standard InChI is InChI=1S/C14H18O7S/c1-3-7-20-13(15)10-5-6-11(14(16)21-8-4-2)12(9-10)22(17,18)19/h5-6,9H,3-4,7-8H2,1-2H3,(H,17,18,19). The average Bonchev–Trinajstić information content (AvgIpc) is 2.48. The summed E-state index contributed by atoms with van der Waals surface area (Å²) in [4.78, 5) is 22.9. The van der Waals surface area contributed by atoms with Gasteiger partial charge >= 0.3 is 11.9 Å². The van der Waals surface area contributed by atoms with Crippen LogP contribution in [0, 0.1) is 0 Å².